The Labute approximate surface area is 133 Å². The minimum absolute atomic E-state index is 0.161. The molecule has 0 aliphatic rings. The standard InChI is InChI=1S/C17H20N4O2/c1-17(2,3)21-13-8-9-18-16(23)14(13)15(20-21)19-10-11-4-6-12(22)7-5-11/h4-9,22H,10H2,1-3H3,(H,18,23)(H,19,20). The maximum atomic E-state index is 12.2. The normalized spacial score (nSPS) is 11.8. The number of pyridine rings is 1. The molecule has 0 aliphatic carbocycles. The maximum Gasteiger partial charge on any atom is 0.261 e. The number of phenolic OH excluding ortho intramolecular Hbond substituents is 1. The number of hydrogen-bond donors (Lipinski definition) is 3. The van der Waals surface area contributed by atoms with Crippen LogP contribution >= 0.6 is 0 Å². The third-order valence-electron chi connectivity index (χ3n) is 3.64. The number of nitrogens with zero attached hydrogens (tertiary/aromatic N) is 2. The summed E-state index contributed by atoms with van der Waals surface area (Å²) in [7, 11) is 0. The van der Waals surface area contributed by atoms with E-state index < -0.39 is 0 Å². The molecule has 0 bridgehead atoms. The number of aromatic amines is 1. The topological polar surface area (TPSA) is 82.9 Å². The second-order valence-electron chi connectivity index (χ2n) is 6.52. The van der Waals surface area contributed by atoms with Crippen LogP contribution in [0.2, 0.25) is 0 Å². The predicted molar refractivity (Wildman–Crippen MR) is 90.8 cm³/mol. The molecule has 0 saturated carbocycles. The average molecular weight is 312 g/mol. The van der Waals surface area contributed by atoms with E-state index in [9.17, 15) is 9.90 Å². The number of aromatic nitrogens is 3. The van der Waals surface area contributed by atoms with E-state index in [1.807, 2.05) is 43.7 Å². The van der Waals surface area contributed by atoms with Crippen LogP contribution < -0.4 is 10.9 Å². The number of fused-ring (bicyclic) bond motifs is 1. The highest BCUT2D eigenvalue weighted by Gasteiger charge is 2.21. The van der Waals surface area contributed by atoms with Gasteiger partial charge in [0.25, 0.3) is 5.56 Å². The molecule has 0 amide bonds. The number of H-pyrrole nitrogens is 1. The summed E-state index contributed by atoms with van der Waals surface area (Å²) >= 11 is 0. The first-order chi connectivity index (χ1) is 10.9. The largest absolute Gasteiger partial charge is 0.508 e. The Morgan fingerprint density at radius 3 is 2.57 bits per heavy atom. The highest BCUT2D eigenvalue weighted by molar-refractivity contribution is 5.89. The molecule has 0 fully saturated rings. The van der Waals surface area contributed by atoms with Gasteiger partial charge in [0, 0.05) is 12.7 Å². The molecule has 0 aliphatic heterocycles. The van der Waals surface area contributed by atoms with Crippen molar-refractivity contribution in [2.75, 3.05) is 5.32 Å². The van der Waals surface area contributed by atoms with Crippen LogP contribution in [0.1, 0.15) is 26.3 Å². The maximum absolute atomic E-state index is 12.2. The van der Waals surface area contributed by atoms with Crippen LogP contribution in [-0.2, 0) is 12.1 Å². The van der Waals surface area contributed by atoms with Gasteiger partial charge in [-0.2, -0.15) is 5.10 Å². The molecule has 120 valence electrons. The van der Waals surface area contributed by atoms with E-state index in [1.165, 1.54) is 0 Å². The molecular formula is C17H20N4O2. The summed E-state index contributed by atoms with van der Waals surface area (Å²) in [6, 6.07) is 8.79. The Balaban J connectivity index is 2.00. The number of anilines is 1. The van der Waals surface area contributed by atoms with E-state index in [2.05, 4.69) is 15.4 Å². The monoisotopic (exact) mass is 312 g/mol. The Kier molecular flexibility index (Phi) is 3.60. The lowest BCUT2D eigenvalue weighted by molar-refractivity contribution is 0.369. The van der Waals surface area contributed by atoms with Crippen molar-refractivity contribution < 1.29 is 5.11 Å². The minimum Gasteiger partial charge on any atom is -0.508 e. The van der Waals surface area contributed by atoms with E-state index in [4.69, 9.17) is 0 Å². The summed E-state index contributed by atoms with van der Waals surface area (Å²) in [5, 5.41) is 17.7. The summed E-state index contributed by atoms with van der Waals surface area (Å²) < 4.78 is 1.86. The van der Waals surface area contributed by atoms with Crippen LogP contribution in [0.25, 0.3) is 10.9 Å². The lowest BCUT2D eigenvalue weighted by Crippen LogP contribution is -2.23. The Morgan fingerprint density at radius 1 is 1.22 bits per heavy atom. The molecule has 3 rings (SSSR count). The van der Waals surface area contributed by atoms with Gasteiger partial charge in [-0.05, 0) is 44.5 Å². The first kappa shape index (κ1) is 15.1. The van der Waals surface area contributed by atoms with E-state index in [1.54, 1.807) is 18.3 Å². The number of aromatic hydroxyl groups is 1. The Morgan fingerprint density at radius 2 is 1.91 bits per heavy atom. The lowest BCUT2D eigenvalue weighted by Gasteiger charge is -2.20. The van der Waals surface area contributed by atoms with Crippen molar-refractivity contribution in [2.45, 2.75) is 32.9 Å². The van der Waals surface area contributed by atoms with E-state index >= 15 is 0 Å². The van der Waals surface area contributed by atoms with Gasteiger partial charge in [-0.25, -0.2) is 0 Å². The third-order valence-corrected chi connectivity index (χ3v) is 3.64. The molecular weight excluding hydrogens is 292 g/mol. The number of nitrogens with one attached hydrogen (secondary N) is 2. The van der Waals surface area contributed by atoms with Crippen molar-refractivity contribution in [3.05, 3.63) is 52.4 Å². The Bertz CT molecular complexity index is 886. The molecule has 0 radical (unpaired) electrons. The van der Waals surface area contributed by atoms with Gasteiger partial charge in [-0.15, -0.1) is 0 Å². The summed E-state index contributed by atoms with van der Waals surface area (Å²) in [5.74, 6) is 0.789. The second-order valence-corrected chi connectivity index (χ2v) is 6.52. The van der Waals surface area contributed by atoms with Gasteiger partial charge in [-0.1, -0.05) is 12.1 Å². The quantitative estimate of drug-likeness (QED) is 0.694. The highest BCUT2D eigenvalue weighted by Crippen LogP contribution is 2.25. The fraction of sp³-hybridized carbons (Fsp3) is 0.294. The Hall–Kier alpha value is -2.76. The van der Waals surface area contributed by atoms with Crippen LogP contribution in [0, 0.1) is 0 Å². The van der Waals surface area contributed by atoms with E-state index in [0.717, 1.165) is 11.1 Å². The summed E-state index contributed by atoms with van der Waals surface area (Å²) in [6.07, 6.45) is 1.64. The minimum atomic E-state index is -0.232. The van der Waals surface area contributed by atoms with Crippen molar-refractivity contribution in [1.29, 1.82) is 0 Å². The molecule has 0 atom stereocenters. The summed E-state index contributed by atoms with van der Waals surface area (Å²) in [4.78, 5) is 14.9. The van der Waals surface area contributed by atoms with E-state index in [0.29, 0.717) is 17.7 Å². The molecule has 0 unspecified atom stereocenters. The fourth-order valence-electron chi connectivity index (χ4n) is 2.51. The average Bonchev–Trinajstić information content (AvgIpc) is 2.87. The zero-order valence-corrected chi connectivity index (χ0v) is 13.4. The molecule has 6 heteroatoms. The van der Waals surface area contributed by atoms with Gasteiger partial charge in [0.1, 0.15) is 11.1 Å². The van der Waals surface area contributed by atoms with Crippen molar-refractivity contribution in [3.63, 3.8) is 0 Å². The van der Waals surface area contributed by atoms with Crippen LogP contribution in [0.4, 0.5) is 5.82 Å². The van der Waals surface area contributed by atoms with Gasteiger partial charge >= 0.3 is 0 Å². The zero-order chi connectivity index (χ0) is 16.6. The number of benzene rings is 1. The van der Waals surface area contributed by atoms with Crippen LogP contribution in [0.5, 0.6) is 5.75 Å². The van der Waals surface area contributed by atoms with Gasteiger partial charge in [0.05, 0.1) is 11.1 Å². The zero-order valence-electron chi connectivity index (χ0n) is 13.4. The molecule has 23 heavy (non-hydrogen) atoms. The first-order valence-electron chi connectivity index (χ1n) is 7.49. The predicted octanol–water partition coefficient (Wildman–Crippen LogP) is 2.80. The molecule has 6 nitrogen and oxygen atoms in total. The van der Waals surface area contributed by atoms with Crippen LogP contribution in [0.3, 0.4) is 0 Å². The summed E-state index contributed by atoms with van der Waals surface area (Å²) in [5.41, 5.74) is 1.40. The van der Waals surface area contributed by atoms with Crippen molar-refractivity contribution in [3.8, 4) is 5.75 Å². The lowest BCUT2D eigenvalue weighted by atomic mass is 10.1. The number of hydrogen-bond acceptors (Lipinski definition) is 4. The molecule has 0 saturated heterocycles. The van der Waals surface area contributed by atoms with Crippen molar-refractivity contribution in [1.82, 2.24) is 14.8 Å². The SMILES string of the molecule is CC(C)(C)n1nc(NCc2ccc(O)cc2)c2c(=O)[nH]ccc21. The molecule has 3 N–H and O–H groups in total. The second kappa shape index (κ2) is 5.46. The van der Waals surface area contributed by atoms with Crippen LogP contribution in [-0.4, -0.2) is 19.9 Å². The molecule has 3 aromatic rings. The fourth-order valence-corrected chi connectivity index (χ4v) is 2.51. The summed E-state index contributed by atoms with van der Waals surface area (Å²) in [6.45, 7) is 6.66. The van der Waals surface area contributed by atoms with Gasteiger partial charge in [-0.3, -0.25) is 9.48 Å². The first-order valence-corrected chi connectivity index (χ1v) is 7.49. The van der Waals surface area contributed by atoms with Gasteiger partial charge in [0.2, 0.25) is 0 Å². The van der Waals surface area contributed by atoms with E-state index in [-0.39, 0.29) is 16.8 Å². The number of phenols is 1. The van der Waals surface area contributed by atoms with Crippen molar-refractivity contribution in [2.24, 2.45) is 0 Å². The molecule has 0 spiro atoms. The van der Waals surface area contributed by atoms with Gasteiger partial charge < -0.3 is 15.4 Å². The van der Waals surface area contributed by atoms with Crippen LogP contribution in [0.15, 0.2) is 41.3 Å². The van der Waals surface area contributed by atoms with Crippen molar-refractivity contribution >= 4 is 16.7 Å². The highest BCUT2D eigenvalue weighted by atomic mass is 16.3. The molecule has 2 heterocycles. The molecule has 2 aromatic heterocycles. The molecule has 1 aromatic carbocycles. The smallest absolute Gasteiger partial charge is 0.261 e. The number of rotatable bonds is 3. The van der Waals surface area contributed by atoms with Gasteiger partial charge in [0.15, 0.2) is 5.82 Å². The third kappa shape index (κ3) is 2.92.